The summed E-state index contributed by atoms with van der Waals surface area (Å²) in [6.07, 6.45) is 7.10. The molecular formula is C47H33N3OS. The second kappa shape index (κ2) is 12.6. The van der Waals surface area contributed by atoms with Crippen LogP contribution in [-0.2, 0) is 6.54 Å². The number of fused-ring (bicyclic) bond motifs is 8. The van der Waals surface area contributed by atoms with Gasteiger partial charge in [0.25, 0.3) is 0 Å². The van der Waals surface area contributed by atoms with E-state index in [1.165, 1.54) is 16.0 Å². The van der Waals surface area contributed by atoms with Crippen molar-refractivity contribution in [3.8, 4) is 0 Å². The highest BCUT2D eigenvalue weighted by Gasteiger charge is 2.32. The number of rotatable bonds is 5. The third-order valence-corrected chi connectivity index (χ3v) is 11.7. The summed E-state index contributed by atoms with van der Waals surface area (Å²) in [6, 6.07) is 50.6. The lowest BCUT2D eigenvalue weighted by molar-refractivity contribution is 0.668. The first kappa shape index (κ1) is 30.6. The number of thioether (sulfide) groups is 1. The standard InChI is InChI=1S/C47H33N3OS/c48-46(34-19-17-29-9-1-3-11-31(29)25-34)50-47(35-20-18-30-10-2-4-12-32(30)26-35)49-28-40-36(23-24-42-45(40)39-14-5-7-15-41(39)51-42)33-21-22-38-37-13-6-8-16-43(37)52-44(38)27-33/h1-27,38,44H,28H2,(H2,48,49,50). The van der Waals surface area contributed by atoms with E-state index in [0.717, 1.165) is 65.7 Å². The van der Waals surface area contributed by atoms with Gasteiger partial charge in [-0.3, -0.25) is 4.99 Å². The predicted molar refractivity (Wildman–Crippen MR) is 219 cm³/mol. The van der Waals surface area contributed by atoms with E-state index in [9.17, 15) is 0 Å². The van der Waals surface area contributed by atoms with Gasteiger partial charge in [0.05, 0.1) is 6.54 Å². The molecule has 1 aromatic heterocycles. The van der Waals surface area contributed by atoms with Crippen molar-refractivity contribution >= 4 is 72.5 Å². The maximum Gasteiger partial charge on any atom is 0.157 e. The van der Waals surface area contributed by atoms with Crippen molar-refractivity contribution in [3.63, 3.8) is 0 Å². The molecule has 7 aromatic carbocycles. The number of amidine groups is 2. The van der Waals surface area contributed by atoms with Gasteiger partial charge >= 0.3 is 0 Å². The van der Waals surface area contributed by atoms with Gasteiger partial charge in [0, 0.05) is 38.0 Å². The van der Waals surface area contributed by atoms with Crippen LogP contribution in [0.4, 0.5) is 0 Å². The van der Waals surface area contributed by atoms with Crippen LogP contribution in [0.5, 0.6) is 0 Å². The molecule has 0 fully saturated rings. The number of furan rings is 1. The van der Waals surface area contributed by atoms with Crippen molar-refractivity contribution in [1.29, 1.82) is 0 Å². The molecule has 0 radical (unpaired) electrons. The van der Waals surface area contributed by atoms with E-state index in [0.29, 0.717) is 29.4 Å². The topological polar surface area (TPSA) is 63.9 Å². The Kier molecular flexibility index (Phi) is 7.40. The van der Waals surface area contributed by atoms with Gasteiger partial charge in [-0.25, -0.2) is 4.99 Å². The van der Waals surface area contributed by atoms with Gasteiger partial charge in [-0.15, -0.1) is 11.8 Å². The molecule has 2 atom stereocenters. The van der Waals surface area contributed by atoms with E-state index in [4.69, 9.17) is 20.1 Å². The zero-order valence-corrected chi connectivity index (χ0v) is 29.1. The van der Waals surface area contributed by atoms with Crippen LogP contribution in [0.1, 0.15) is 33.7 Å². The minimum atomic E-state index is 0.338. The molecule has 1 aliphatic carbocycles. The Labute approximate surface area is 305 Å². The molecular weight excluding hydrogens is 655 g/mol. The Bertz CT molecular complexity index is 2840. The number of hydrogen-bond donors (Lipinski definition) is 1. The summed E-state index contributed by atoms with van der Waals surface area (Å²) in [5.74, 6) is 1.38. The van der Waals surface area contributed by atoms with Gasteiger partial charge in [0.2, 0.25) is 0 Å². The second-order valence-electron chi connectivity index (χ2n) is 13.5. The number of nitrogens with zero attached hydrogens (tertiary/aromatic N) is 2. The van der Waals surface area contributed by atoms with Gasteiger partial charge in [0.15, 0.2) is 5.84 Å². The molecule has 1 aliphatic heterocycles. The Morgan fingerprint density at radius 2 is 1.37 bits per heavy atom. The highest BCUT2D eigenvalue weighted by atomic mass is 32.2. The second-order valence-corrected chi connectivity index (χ2v) is 14.7. The van der Waals surface area contributed by atoms with Crippen molar-refractivity contribution in [1.82, 2.24) is 0 Å². The van der Waals surface area contributed by atoms with E-state index in [-0.39, 0.29) is 0 Å². The average Bonchev–Trinajstić information content (AvgIpc) is 3.77. The summed E-state index contributed by atoms with van der Waals surface area (Å²) in [5, 5.41) is 7.06. The van der Waals surface area contributed by atoms with E-state index in [2.05, 4.69) is 133 Å². The van der Waals surface area contributed by atoms with Gasteiger partial charge < -0.3 is 10.2 Å². The largest absolute Gasteiger partial charge is 0.456 e. The Hall–Kier alpha value is -6.17. The summed E-state index contributed by atoms with van der Waals surface area (Å²) < 4.78 is 6.41. The quantitative estimate of drug-likeness (QED) is 0.145. The minimum Gasteiger partial charge on any atom is -0.456 e. The molecule has 0 spiro atoms. The van der Waals surface area contributed by atoms with E-state index < -0.39 is 0 Å². The fourth-order valence-electron chi connectivity index (χ4n) is 7.75. The van der Waals surface area contributed by atoms with Gasteiger partial charge in [-0.2, -0.15) is 0 Å². The Morgan fingerprint density at radius 1 is 0.673 bits per heavy atom. The SMILES string of the molecule is NC(=NC(=NCc1c(C2=CC3Sc4ccccc4C3C=C2)ccc2oc3ccccc3c12)c1ccc2ccccc2c1)c1ccc2ccccc2c1. The van der Waals surface area contributed by atoms with Crippen molar-refractivity contribution in [3.05, 3.63) is 192 Å². The lowest BCUT2D eigenvalue weighted by Crippen LogP contribution is -2.16. The summed E-state index contributed by atoms with van der Waals surface area (Å²) in [6.45, 7) is 0.388. The number of benzene rings is 7. The Balaban J connectivity index is 1.13. The number of nitrogens with two attached hydrogens (primary N) is 1. The van der Waals surface area contributed by atoms with Crippen molar-refractivity contribution < 1.29 is 4.42 Å². The van der Waals surface area contributed by atoms with Crippen LogP contribution in [0, 0.1) is 0 Å². The maximum absolute atomic E-state index is 6.82. The molecule has 2 N–H and O–H groups in total. The van der Waals surface area contributed by atoms with Gasteiger partial charge in [0.1, 0.15) is 17.0 Å². The van der Waals surface area contributed by atoms with Crippen molar-refractivity contribution in [2.75, 3.05) is 0 Å². The number of allylic oxidation sites excluding steroid dienone is 3. The molecule has 248 valence electrons. The zero-order valence-electron chi connectivity index (χ0n) is 28.2. The number of hydrogen-bond acceptors (Lipinski definition) is 3. The summed E-state index contributed by atoms with van der Waals surface area (Å²) in [5.41, 5.74) is 15.2. The maximum atomic E-state index is 6.82. The molecule has 8 aromatic rings. The summed E-state index contributed by atoms with van der Waals surface area (Å²) in [4.78, 5) is 11.8. The average molecular weight is 688 g/mol. The highest BCUT2D eigenvalue weighted by molar-refractivity contribution is 8.00. The van der Waals surface area contributed by atoms with Crippen LogP contribution in [0.2, 0.25) is 0 Å². The smallest absolute Gasteiger partial charge is 0.157 e. The Morgan fingerprint density at radius 3 is 2.19 bits per heavy atom. The molecule has 52 heavy (non-hydrogen) atoms. The first-order chi connectivity index (χ1) is 25.7. The fourth-order valence-corrected chi connectivity index (χ4v) is 9.14. The van der Waals surface area contributed by atoms with Crippen LogP contribution in [0.15, 0.2) is 183 Å². The van der Waals surface area contributed by atoms with Crippen LogP contribution in [0.3, 0.4) is 0 Å². The molecule has 10 rings (SSSR count). The highest BCUT2D eigenvalue weighted by Crippen LogP contribution is 2.50. The van der Waals surface area contributed by atoms with Crippen LogP contribution in [-0.4, -0.2) is 16.9 Å². The van der Waals surface area contributed by atoms with Gasteiger partial charge in [-0.1, -0.05) is 133 Å². The molecule has 2 aliphatic rings. The predicted octanol–water partition coefficient (Wildman–Crippen LogP) is 11.5. The van der Waals surface area contributed by atoms with Crippen molar-refractivity contribution in [2.24, 2.45) is 15.7 Å². The van der Waals surface area contributed by atoms with E-state index in [1.54, 1.807) is 0 Å². The van der Waals surface area contributed by atoms with Crippen molar-refractivity contribution in [2.45, 2.75) is 22.6 Å². The lowest BCUT2D eigenvalue weighted by atomic mass is 9.86. The molecule has 0 saturated carbocycles. The first-order valence-corrected chi connectivity index (χ1v) is 18.5. The van der Waals surface area contributed by atoms with E-state index >= 15 is 0 Å². The van der Waals surface area contributed by atoms with Crippen LogP contribution < -0.4 is 5.73 Å². The zero-order chi connectivity index (χ0) is 34.6. The fraction of sp³-hybridized carbons (Fsp3) is 0.0638. The van der Waals surface area contributed by atoms with Crippen LogP contribution in [0.25, 0.3) is 49.1 Å². The van der Waals surface area contributed by atoms with E-state index in [1.807, 2.05) is 42.1 Å². The molecule has 2 heterocycles. The molecule has 0 amide bonds. The summed E-state index contributed by atoms with van der Waals surface area (Å²) >= 11 is 1.95. The number of para-hydroxylation sites is 1. The van der Waals surface area contributed by atoms with Crippen LogP contribution >= 0.6 is 11.8 Å². The number of aliphatic imine (C=N–C) groups is 2. The third kappa shape index (κ3) is 5.33. The lowest BCUT2D eigenvalue weighted by Gasteiger charge is -2.21. The third-order valence-electron chi connectivity index (χ3n) is 10.4. The molecule has 4 nitrogen and oxygen atoms in total. The molecule has 0 bridgehead atoms. The monoisotopic (exact) mass is 687 g/mol. The van der Waals surface area contributed by atoms with Gasteiger partial charge in [-0.05, 0) is 74.1 Å². The summed E-state index contributed by atoms with van der Waals surface area (Å²) in [7, 11) is 0. The minimum absolute atomic E-state index is 0.338. The first-order valence-electron chi connectivity index (χ1n) is 17.6. The molecule has 2 unspecified atom stereocenters. The molecule has 5 heteroatoms. The molecule has 0 saturated heterocycles. The normalized spacial score (nSPS) is 17.2.